The normalized spacial score (nSPS) is 12.9. The van der Waals surface area contributed by atoms with Gasteiger partial charge in [-0.25, -0.2) is 0 Å². The number of hydrogen-bond donors (Lipinski definition) is 1. The molecule has 0 bridgehead atoms. The van der Waals surface area contributed by atoms with Crippen molar-refractivity contribution in [1.82, 2.24) is 20.1 Å². The molecule has 0 spiro atoms. The van der Waals surface area contributed by atoms with E-state index in [-0.39, 0.29) is 18.4 Å². The zero-order valence-corrected chi connectivity index (χ0v) is 13.1. The molecular formula is C17H15F3N4O. The molecule has 1 N–H and O–H groups in total. The molecule has 0 saturated carbocycles. The monoisotopic (exact) mass is 348 g/mol. The molecule has 0 aliphatic heterocycles. The predicted molar refractivity (Wildman–Crippen MR) is 85.1 cm³/mol. The number of amides is 1. The van der Waals surface area contributed by atoms with Gasteiger partial charge in [-0.2, -0.15) is 28.0 Å². The number of nitrogens with zero attached hydrogens (tertiary/aromatic N) is 3. The van der Waals surface area contributed by atoms with Gasteiger partial charge in [0.15, 0.2) is 0 Å². The van der Waals surface area contributed by atoms with Gasteiger partial charge in [0.25, 0.3) is 5.91 Å². The Kier molecular flexibility index (Phi) is 4.69. The fourth-order valence-electron chi connectivity index (χ4n) is 2.52. The number of hydrogen-bond acceptors (Lipinski definition) is 3. The van der Waals surface area contributed by atoms with Gasteiger partial charge in [0.1, 0.15) is 11.6 Å². The second-order valence-corrected chi connectivity index (χ2v) is 5.55. The number of carbonyl (C=O) groups is 1. The van der Waals surface area contributed by atoms with Gasteiger partial charge >= 0.3 is 6.18 Å². The molecule has 25 heavy (non-hydrogen) atoms. The lowest BCUT2D eigenvalue weighted by molar-refractivity contribution is -0.154. The van der Waals surface area contributed by atoms with Gasteiger partial charge in [0.05, 0.1) is 11.8 Å². The smallest absolute Gasteiger partial charge is 0.340 e. The van der Waals surface area contributed by atoms with Gasteiger partial charge in [-0.15, -0.1) is 0 Å². The number of benzene rings is 1. The van der Waals surface area contributed by atoms with Crippen LogP contribution in [0.3, 0.4) is 0 Å². The minimum Gasteiger partial charge on any atom is -0.340 e. The van der Waals surface area contributed by atoms with E-state index in [1.807, 2.05) is 0 Å². The van der Waals surface area contributed by atoms with Crippen molar-refractivity contribution in [2.75, 3.05) is 0 Å². The second-order valence-electron chi connectivity index (χ2n) is 5.55. The summed E-state index contributed by atoms with van der Waals surface area (Å²) in [6.07, 6.45) is -1.88. The van der Waals surface area contributed by atoms with Crippen LogP contribution in [0.1, 0.15) is 22.3 Å². The van der Waals surface area contributed by atoms with Crippen molar-refractivity contribution in [1.29, 1.82) is 0 Å². The molecule has 1 aromatic carbocycles. The summed E-state index contributed by atoms with van der Waals surface area (Å²) in [7, 11) is 0. The highest BCUT2D eigenvalue weighted by molar-refractivity contribution is 6.00. The summed E-state index contributed by atoms with van der Waals surface area (Å²) in [6.45, 7) is 0. The lowest BCUT2D eigenvalue weighted by Gasteiger charge is -2.21. The Bertz CT molecular complexity index is 861. The number of nitrogens with one attached hydrogen (secondary N) is 1. The number of rotatable bonds is 5. The molecule has 3 rings (SSSR count). The van der Waals surface area contributed by atoms with E-state index in [0.717, 1.165) is 5.56 Å². The maximum atomic E-state index is 13.3. The zero-order valence-electron chi connectivity index (χ0n) is 13.1. The van der Waals surface area contributed by atoms with Crippen molar-refractivity contribution in [3.63, 3.8) is 0 Å². The van der Waals surface area contributed by atoms with E-state index < -0.39 is 18.1 Å². The molecule has 130 valence electrons. The largest absolute Gasteiger partial charge is 0.408 e. The van der Waals surface area contributed by atoms with Crippen molar-refractivity contribution < 1.29 is 18.0 Å². The standard InChI is InChI=1S/C17H15F3N4O/c18-17(19,20)15(9-8-12-5-2-1-3-6-12)23-16(25)13-11-22-24-14(13)7-4-10-21-24/h1-7,10-11,15H,8-9H2,(H,23,25). The van der Waals surface area contributed by atoms with Crippen molar-refractivity contribution in [2.24, 2.45) is 0 Å². The number of halogens is 3. The molecule has 2 heterocycles. The SMILES string of the molecule is O=C(NC(CCc1ccccc1)C(F)(F)F)c1cnn2ncccc12. The van der Waals surface area contributed by atoms with E-state index in [4.69, 9.17) is 0 Å². The molecule has 0 aliphatic rings. The van der Waals surface area contributed by atoms with Crippen LogP contribution in [-0.2, 0) is 6.42 Å². The van der Waals surface area contributed by atoms with Crippen LogP contribution in [-0.4, -0.2) is 33.0 Å². The van der Waals surface area contributed by atoms with Crippen molar-refractivity contribution in [3.8, 4) is 0 Å². The molecule has 0 radical (unpaired) electrons. The molecule has 1 atom stereocenters. The highest BCUT2D eigenvalue weighted by Gasteiger charge is 2.40. The topological polar surface area (TPSA) is 59.3 Å². The highest BCUT2D eigenvalue weighted by Crippen LogP contribution is 2.24. The molecule has 5 nitrogen and oxygen atoms in total. The third-order valence-corrected chi connectivity index (χ3v) is 3.81. The molecule has 0 fully saturated rings. The molecular weight excluding hydrogens is 333 g/mol. The van der Waals surface area contributed by atoms with E-state index in [9.17, 15) is 18.0 Å². The Labute approximate surface area is 141 Å². The third kappa shape index (κ3) is 3.96. The summed E-state index contributed by atoms with van der Waals surface area (Å²) >= 11 is 0. The van der Waals surface area contributed by atoms with Gasteiger partial charge in [-0.3, -0.25) is 4.79 Å². The highest BCUT2D eigenvalue weighted by atomic mass is 19.4. The van der Waals surface area contributed by atoms with E-state index in [0.29, 0.717) is 5.52 Å². The van der Waals surface area contributed by atoms with Crippen LogP contribution in [0.15, 0.2) is 54.9 Å². The molecule has 0 aliphatic carbocycles. The zero-order chi connectivity index (χ0) is 17.9. The van der Waals surface area contributed by atoms with E-state index >= 15 is 0 Å². The van der Waals surface area contributed by atoms with Crippen LogP contribution >= 0.6 is 0 Å². The maximum Gasteiger partial charge on any atom is 0.408 e. The Morgan fingerprint density at radius 2 is 1.88 bits per heavy atom. The molecule has 2 aromatic heterocycles. The minimum atomic E-state index is -4.54. The molecule has 1 unspecified atom stereocenters. The third-order valence-electron chi connectivity index (χ3n) is 3.81. The van der Waals surface area contributed by atoms with Gasteiger partial charge in [-0.05, 0) is 30.5 Å². The Balaban J connectivity index is 1.75. The first kappa shape index (κ1) is 16.9. The minimum absolute atomic E-state index is 0.0575. The first-order valence-corrected chi connectivity index (χ1v) is 7.65. The average Bonchev–Trinajstić information content (AvgIpc) is 3.02. The summed E-state index contributed by atoms with van der Waals surface area (Å²) < 4.78 is 41.1. The summed E-state index contributed by atoms with van der Waals surface area (Å²) in [4.78, 5) is 12.3. The van der Waals surface area contributed by atoms with Crippen LogP contribution in [0, 0.1) is 0 Å². The van der Waals surface area contributed by atoms with E-state index in [1.54, 1.807) is 42.5 Å². The lowest BCUT2D eigenvalue weighted by atomic mass is 10.0. The maximum absolute atomic E-state index is 13.3. The van der Waals surface area contributed by atoms with Crippen molar-refractivity contribution in [2.45, 2.75) is 25.1 Å². The van der Waals surface area contributed by atoms with Gasteiger partial charge in [-0.1, -0.05) is 30.3 Å². The van der Waals surface area contributed by atoms with Crippen LogP contribution in [0.2, 0.25) is 0 Å². The fourth-order valence-corrected chi connectivity index (χ4v) is 2.52. The molecule has 1 amide bonds. The van der Waals surface area contributed by atoms with E-state index in [2.05, 4.69) is 15.5 Å². The van der Waals surface area contributed by atoms with Gasteiger partial charge < -0.3 is 5.32 Å². The first-order valence-electron chi connectivity index (χ1n) is 7.65. The average molecular weight is 348 g/mol. The first-order chi connectivity index (χ1) is 11.9. The predicted octanol–water partition coefficient (Wildman–Crippen LogP) is 3.02. The Morgan fingerprint density at radius 3 is 2.60 bits per heavy atom. The summed E-state index contributed by atoms with van der Waals surface area (Å²) in [5.41, 5.74) is 1.19. The number of aromatic nitrogens is 3. The van der Waals surface area contributed by atoms with Crippen LogP contribution in [0.25, 0.3) is 5.52 Å². The van der Waals surface area contributed by atoms with Crippen molar-refractivity contribution >= 4 is 11.4 Å². The quantitative estimate of drug-likeness (QED) is 0.771. The number of alkyl halides is 3. The molecule has 0 saturated heterocycles. The molecule has 3 aromatic rings. The van der Waals surface area contributed by atoms with E-state index in [1.165, 1.54) is 17.0 Å². The van der Waals surface area contributed by atoms with Crippen LogP contribution < -0.4 is 5.32 Å². The van der Waals surface area contributed by atoms with Gasteiger partial charge in [0, 0.05) is 6.20 Å². The Morgan fingerprint density at radius 1 is 1.12 bits per heavy atom. The summed E-state index contributed by atoms with van der Waals surface area (Å²) in [5.74, 6) is -0.821. The van der Waals surface area contributed by atoms with Crippen molar-refractivity contribution in [3.05, 3.63) is 66.0 Å². The summed E-state index contributed by atoms with van der Waals surface area (Å²) in [6, 6.07) is 10.1. The second kappa shape index (κ2) is 6.92. The summed E-state index contributed by atoms with van der Waals surface area (Å²) in [5, 5.41) is 9.83. The Hall–Kier alpha value is -2.90. The van der Waals surface area contributed by atoms with Gasteiger partial charge in [0.2, 0.25) is 0 Å². The number of fused-ring (bicyclic) bond motifs is 1. The van der Waals surface area contributed by atoms with Crippen LogP contribution in [0.5, 0.6) is 0 Å². The molecule has 8 heteroatoms. The van der Waals surface area contributed by atoms with Crippen LogP contribution in [0.4, 0.5) is 13.2 Å². The lowest BCUT2D eigenvalue weighted by Crippen LogP contribution is -2.45. The number of carbonyl (C=O) groups excluding carboxylic acids is 1. The number of aryl methyl sites for hydroxylation is 1. The fraction of sp³-hybridized carbons (Fsp3) is 0.235.